The molecular formula is C39H66N3O6+. The number of quaternary nitrogens is 1. The van der Waals surface area contributed by atoms with E-state index in [4.69, 9.17) is 10.5 Å². The second-order valence-electron chi connectivity index (χ2n) is 15.6. The topological polar surface area (TPSA) is 136 Å². The first-order valence-electron chi connectivity index (χ1n) is 18.5. The number of primary amides is 1. The molecule has 1 fully saturated rings. The Morgan fingerprint density at radius 1 is 0.979 bits per heavy atom. The Labute approximate surface area is 290 Å². The minimum absolute atomic E-state index is 0.139. The lowest BCUT2D eigenvalue weighted by Gasteiger charge is -2.38. The van der Waals surface area contributed by atoms with Crippen molar-refractivity contribution >= 4 is 23.8 Å². The lowest BCUT2D eigenvalue weighted by atomic mass is 9.74. The van der Waals surface area contributed by atoms with Crippen LogP contribution in [-0.4, -0.2) is 71.7 Å². The number of amides is 2. The third-order valence-corrected chi connectivity index (χ3v) is 10.5. The molecule has 272 valence electrons. The first-order chi connectivity index (χ1) is 22.6. The summed E-state index contributed by atoms with van der Waals surface area (Å²) in [6, 6.07) is 8.73. The fourth-order valence-electron chi connectivity index (χ4n) is 8.50. The lowest BCUT2D eigenvalue weighted by molar-refractivity contribution is -0.912. The third kappa shape index (κ3) is 12.8. The maximum Gasteiger partial charge on any atom is 0.309 e. The largest absolute Gasteiger partial charge is 0.481 e. The van der Waals surface area contributed by atoms with Crippen molar-refractivity contribution in [2.75, 3.05) is 26.7 Å². The van der Waals surface area contributed by atoms with Crippen molar-refractivity contribution in [3.8, 4) is 0 Å². The van der Waals surface area contributed by atoms with Gasteiger partial charge in [-0.1, -0.05) is 59.2 Å². The van der Waals surface area contributed by atoms with E-state index in [1.807, 2.05) is 39.0 Å². The highest BCUT2D eigenvalue weighted by Crippen LogP contribution is 2.44. The summed E-state index contributed by atoms with van der Waals surface area (Å²) in [4.78, 5) is 52.4. The number of carbonyl (C=O) groups is 4. The van der Waals surface area contributed by atoms with Gasteiger partial charge in [0.25, 0.3) is 5.91 Å². The maximum atomic E-state index is 14.1. The summed E-state index contributed by atoms with van der Waals surface area (Å²) in [6.45, 7) is 17.5. The Balaban J connectivity index is 2.47. The van der Waals surface area contributed by atoms with E-state index >= 15 is 0 Å². The molecule has 48 heavy (non-hydrogen) atoms. The van der Waals surface area contributed by atoms with Crippen molar-refractivity contribution < 1.29 is 33.5 Å². The van der Waals surface area contributed by atoms with Crippen molar-refractivity contribution in [1.82, 2.24) is 5.32 Å². The van der Waals surface area contributed by atoms with Crippen molar-refractivity contribution in [3.05, 3.63) is 35.9 Å². The minimum atomic E-state index is -0.969. The number of esters is 1. The second-order valence-corrected chi connectivity index (χ2v) is 15.6. The molecule has 0 saturated heterocycles. The summed E-state index contributed by atoms with van der Waals surface area (Å²) in [7, 11) is 2.30. The first kappa shape index (κ1) is 41.2. The SMILES string of the molecule is CCCC(C)(C)OC(=O)C(CC(C)C[N+](C)(CCC)CCC)CC1CC(NC(=O)c2ccccc2)CC1C(CC(CC)C(N)=O)C(=O)O. The number of carbonyl (C=O) groups excluding carboxylic acids is 3. The van der Waals surface area contributed by atoms with E-state index in [1.165, 1.54) is 0 Å². The van der Waals surface area contributed by atoms with Crippen molar-refractivity contribution in [3.63, 3.8) is 0 Å². The number of nitrogens with two attached hydrogens (primary N) is 1. The molecule has 0 radical (unpaired) electrons. The third-order valence-electron chi connectivity index (χ3n) is 10.5. The van der Waals surface area contributed by atoms with Crippen LogP contribution in [-0.2, 0) is 19.1 Å². The van der Waals surface area contributed by atoms with Gasteiger partial charge in [-0.2, -0.15) is 0 Å². The number of aliphatic carboxylic acids is 1. The quantitative estimate of drug-likeness (QED) is 0.0912. The van der Waals surface area contributed by atoms with Gasteiger partial charge in [-0.25, -0.2) is 0 Å². The van der Waals surface area contributed by atoms with Crippen LogP contribution in [0.3, 0.4) is 0 Å². The molecule has 4 N–H and O–H groups in total. The summed E-state index contributed by atoms with van der Waals surface area (Å²) >= 11 is 0. The zero-order valence-corrected chi connectivity index (χ0v) is 31.1. The Kier molecular flexibility index (Phi) is 16.6. The fourth-order valence-corrected chi connectivity index (χ4v) is 8.50. The van der Waals surface area contributed by atoms with Gasteiger partial charge in [0.05, 0.1) is 38.5 Å². The van der Waals surface area contributed by atoms with Gasteiger partial charge in [0.1, 0.15) is 5.60 Å². The molecule has 7 atom stereocenters. The summed E-state index contributed by atoms with van der Waals surface area (Å²) in [5.41, 5.74) is 5.62. The van der Waals surface area contributed by atoms with E-state index in [9.17, 15) is 24.3 Å². The number of benzene rings is 1. The first-order valence-corrected chi connectivity index (χ1v) is 18.5. The van der Waals surface area contributed by atoms with E-state index in [2.05, 4.69) is 40.1 Å². The molecule has 0 spiro atoms. The fraction of sp³-hybridized carbons (Fsp3) is 0.744. The van der Waals surface area contributed by atoms with Crippen LogP contribution in [0.15, 0.2) is 30.3 Å². The maximum absolute atomic E-state index is 14.1. The number of carboxylic acid groups (broad SMARTS) is 1. The van der Waals surface area contributed by atoms with E-state index < -0.39 is 35.2 Å². The van der Waals surface area contributed by atoms with Gasteiger partial charge in [-0.05, 0) is 95.6 Å². The Morgan fingerprint density at radius 2 is 1.60 bits per heavy atom. The Morgan fingerprint density at radius 3 is 2.12 bits per heavy atom. The van der Waals surface area contributed by atoms with Gasteiger partial charge in [0.2, 0.25) is 5.91 Å². The molecule has 0 heterocycles. The van der Waals surface area contributed by atoms with Crippen LogP contribution in [0.2, 0.25) is 0 Å². The van der Waals surface area contributed by atoms with E-state index in [1.54, 1.807) is 12.1 Å². The van der Waals surface area contributed by atoms with Crippen molar-refractivity contribution in [2.45, 2.75) is 124 Å². The molecule has 0 aromatic heterocycles. The number of hydrogen-bond acceptors (Lipinski definition) is 5. The highest BCUT2D eigenvalue weighted by Gasteiger charge is 2.45. The van der Waals surface area contributed by atoms with Crippen LogP contribution in [0, 0.1) is 35.5 Å². The number of carboxylic acids is 1. The number of ether oxygens (including phenoxy) is 1. The van der Waals surface area contributed by atoms with Gasteiger partial charge in [-0.3, -0.25) is 19.2 Å². The standard InChI is InChI=1S/C39H65N3O6/c1-9-18-39(6,7)48-38(47)31(21-27(5)26-42(8,19-10-2)20-11-3)22-30-23-32(41-36(44)29-16-14-13-15-17-29)25-33(30)34(37(45)46)24-28(12-4)35(40)43/h13-17,27-28,30-34H,9-12,18-26H2,1-8H3,(H3-,40,41,43,44,45,46)/p+1. The predicted octanol–water partition coefficient (Wildman–Crippen LogP) is 6.83. The van der Waals surface area contributed by atoms with Gasteiger partial charge in [0.15, 0.2) is 0 Å². The van der Waals surface area contributed by atoms with Crippen LogP contribution < -0.4 is 11.1 Å². The Hall–Kier alpha value is -2.94. The zero-order valence-electron chi connectivity index (χ0n) is 31.1. The molecule has 7 unspecified atom stereocenters. The summed E-state index contributed by atoms with van der Waals surface area (Å²) < 4.78 is 7.14. The van der Waals surface area contributed by atoms with Crippen LogP contribution in [0.25, 0.3) is 0 Å². The average molecular weight is 673 g/mol. The molecule has 1 aliphatic rings. The molecule has 1 aromatic carbocycles. The van der Waals surface area contributed by atoms with Crippen LogP contribution >= 0.6 is 0 Å². The molecule has 0 bridgehead atoms. The molecule has 1 aliphatic carbocycles. The number of hydrogen-bond donors (Lipinski definition) is 3. The van der Waals surface area contributed by atoms with Crippen molar-refractivity contribution in [2.24, 2.45) is 41.2 Å². The summed E-state index contributed by atoms with van der Waals surface area (Å²) in [6.07, 6.45) is 6.51. The average Bonchev–Trinajstić information content (AvgIpc) is 3.38. The van der Waals surface area contributed by atoms with Gasteiger partial charge >= 0.3 is 11.9 Å². The van der Waals surface area contributed by atoms with E-state index in [0.29, 0.717) is 37.7 Å². The van der Waals surface area contributed by atoms with E-state index in [-0.39, 0.29) is 42.1 Å². The minimum Gasteiger partial charge on any atom is -0.481 e. The second kappa shape index (κ2) is 19.3. The number of nitrogens with zero attached hydrogens (tertiary/aromatic N) is 1. The number of nitrogens with one attached hydrogen (secondary N) is 1. The predicted molar refractivity (Wildman–Crippen MR) is 191 cm³/mol. The highest BCUT2D eigenvalue weighted by atomic mass is 16.6. The smallest absolute Gasteiger partial charge is 0.309 e. The molecule has 1 saturated carbocycles. The van der Waals surface area contributed by atoms with Gasteiger partial charge < -0.3 is 25.4 Å². The van der Waals surface area contributed by atoms with Crippen LogP contribution in [0.4, 0.5) is 0 Å². The van der Waals surface area contributed by atoms with Crippen LogP contribution in [0.5, 0.6) is 0 Å². The van der Waals surface area contributed by atoms with Crippen molar-refractivity contribution in [1.29, 1.82) is 0 Å². The summed E-state index contributed by atoms with van der Waals surface area (Å²) in [5, 5.41) is 13.7. The molecule has 9 heteroatoms. The molecule has 2 amide bonds. The van der Waals surface area contributed by atoms with Gasteiger partial charge in [0, 0.05) is 23.4 Å². The van der Waals surface area contributed by atoms with E-state index in [0.717, 1.165) is 49.8 Å². The molecular weight excluding hydrogens is 606 g/mol. The molecule has 2 rings (SSSR count). The highest BCUT2D eigenvalue weighted by molar-refractivity contribution is 5.94. The van der Waals surface area contributed by atoms with Crippen LogP contribution in [0.1, 0.15) is 123 Å². The molecule has 1 aromatic rings. The Bertz CT molecular complexity index is 1170. The van der Waals surface area contributed by atoms with Gasteiger partial charge in [-0.15, -0.1) is 0 Å². The zero-order chi connectivity index (χ0) is 36.1. The molecule has 9 nitrogen and oxygen atoms in total. The lowest BCUT2D eigenvalue weighted by Crippen LogP contribution is -2.48. The monoisotopic (exact) mass is 672 g/mol. The molecule has 0 aliphatic heterocycles. The number of rotatable bonds is 22. The summed E-state index contributed by atoms with van der Waals surface area (Å²) in [5.74, 6) is -3.98. The normalized spacial score (nSPS) is 20.8.